The highest BCUT2D eigenvalue weighted by Crippen LogP contribution is 2.22. The average molecular weight is 189 g/mol. The van der Waals surface area contributed by atoms with Crippen LogP contribution in [0.2, 0.25) is 0 Å². The quantitative estimate of drug-likeness (QED) is 0.573. The SMILES string of the molecule is CC1(C)OCC(CO)(NC=O)CO1. The smallest absolute Gasteiger partial charge is 0.207 e. The minimum atomic E-state index is -0.780. The van der Waals surface area contributed by atoms with Crippen LogP contribution < -0.4 is 5.32 Å². The summed E-state index contributed by atoms with van der Waals surface area (Å²) in [4.78, 5) is 10.3. The van der Waals surface area contributed by atoms with Crippen molar-refractivity contribution in [1.82, 2.24) is 5.32 Å². The lowest BCUT2D eigenvalue weighted by Gasteiger charge is -2.41. The molecular formula is C8H15NO4. The molecule has 0 radical (unpaired) electrons. The van der Waals surface area contributed by atoms with Crippen LogP contribution in [0.5, 0.6) is 0 Å². The van der Waals surface area contributed by atoms with E-state index in [-0.39, 0.29) is 19.8 Å². The maximum absolute atomic E-state index is 10.3. The van der Waals surface area contributed by atoms with E-state index in [0.717, 1.165) is 0 Å². The fourth-order valence-electron chi connectivity index (χ4n) is 1.05. The highest BCUT2D eigenvalue weighted by Gasteiger charge is 2.39. The highest BCUT2D eigenvalue weighted by atomic mass is 16.7. The fourth-order valence-corrected chi connectivity index (χ4v) is 1.05. The second-order valence-electron chi connectivity index (χ2n) is 3.68. The first-order chi connectivity index (χ1) is 6.04. The van der Waals surface area contributed by atoms with Gasteiger partial charge in [0.05, 0.1) is 19.8 Å². The molecule has 0 spiro atoms. The van der Waals surface area contributed by atoms with Crippen molar-refractivity contribution < 1.29 is 19.4 Å². The van der Waals surface area contributed by atoms with Crippen LogP contribution in [0, 0.1) is 0 Å². The minimum Gasteiger partial charge on any atom is -0.394 e. The molecule has 5 nitrogen and oxygen atoms in total. The largest absolute Gasteiger partial charge is 0.394 e. The second kappa shape index (κ2) is 3.61. The number of ether oxygens (including phenoxy) is 2. The van der Waals surface area contributed by atoms with Crippen LogP contribution in [0.1, 0.15) is 13.8 Å². The zero-order valence-corrected chi connectivity index (χ0v) is 7.87. The Morgan fingerprint density at radius 3 is 2.38 bits per heavy atom. The standard InChI is InChI=1S/C8H15NO4/c1-7(2)12-4-8(3-10,5-13-7)9-6-11/h6,10H,3-5H2,1-2H3,(H,9,11). The number of hydrogen-bond donors (Lipinski definition) is 2. The van der Waals surface area contributed by atoms with Crippen molar-refractivity contribution in [2.24, 2.45) is 0 Å². The number of hydrogen-bond acceptors (Lipinski definition) is 4. The van der Waals surface area contributed by atoms with Crippen molar-refractivity contribution in [3.63, 3.8) is 0 Å². The van der Waals surface area contributed by atoms with Gasteiger partial charge in [-0.1, -0.05) is 0 Å². The molecule has 0 aromatic heterocycles. The third-order valence-corrected chi connectivity index (χ3v) is 2.06. The van der Waals surface area contributed by atoms with Gasteiger partial charge in [0.2, 0.25) is 6.41 Å². The Balaban J connectivity index is 2.57. The molecule has 5 heteroatoms. The van der Waals surface area contributed by atoms with Gasteiger partial charge in [-0.25, -0.2) is 0 Å². The van der Waals surface area contributed by atoms with E-state index < -0.39 is 11.3 Å². The van der Waals surface area contributed by atoms with Gasteiger partial charge in [0, 0.05) is 0 Å². The summed E-state index contributed by atoms with van der Waals surface area (Å²) >= 11 is 0. The van der Waals surface area contributed by atoms with E-state index in [1.165, 1.54) is 0 Å². The van der Waals surface area contributed by atoms with Gasteiger partial charge < -0.3 is 19.9 Å². The molecule has 2 N–H and O–H groups in total. The molecule has 76 valence electrons. The molecule has 1 aliphatic rings. The van der Waals surface area contributed by atoms with E-state index in [1.807, 2.05) is 0 Å². The molecular weight excluding hydrogens is 174 g/mol. The maximum atomic E-state index is 10.3. The first-order valence-electron chi connectivity index (χ1n) is 4.14. The van der Waals surface area contributed by atoms with Gasteiger partial charge in [-0.3, -0.25) is 4.79 Å². The predicted octanol–water partition coefficient (Wildman–Crippen LogP) is -0.754. The van der Waals surface area contributed by atoms with Crippen LogP contribution in [-0.2, 0) is 14.3 Å². The van der Waals surface area contributed by atoms with E-state index in [0.29, 0.717) is 6.41 Å². The minimum absolute atomic E-state index is 0.193. The zero-order chi connectivity index (χ0) is 9.95. The van der Waals surface area contributed by atoms with Gasteiger partial charge in [-0.15, -0.1) is 0 Å². The summed E-state index contributed by atoms with van der Waals surface area (Å²) in [6, 6.07) is 0. The van der Waals surface area contributed by atoms with Gasteiger partial charge in [0.25, 0.3) is 0 Å². The van der Waals surface area contributed by atoms with Crippen molar-refractivity contribution in [3.05, 3.63) is 0 Å². The highest BCUT2D eigenvalue weighted by molar-refractivity contribution is 5.48. The summed E-state index contributed by atoms with van der Waals surface area (Å²) in [5.41, 5.74) is -0.780. The molecule has 0 aromatic carbocycles. The molecule has 0 unspecified atom stereocenters. The van der Waals surface area contributed by atoms with Crippen LogP contribution in [0.4, 0.5) is 0 Å². The lowest BCUT2D eigenvalue weighted by Crippen LogP contribution is -2.61. The third kappa shape index (κ3) is 2.40. The molecule has 1 fully saturated rings. The fraction of sp³-hybridized carbons (Fsp3) is 0.875. The zero-order valence-electron chi connectivity index (χ0n) is 7.87. The molecule has 1 heterocycles. The van der Waals surface area contributed by atoms with Crippen molar-refractivity contribution in [1.29, 1.82) is 0 Å². The third-order valence-electron chi connectivity index (χ3n) is 2.06. The summed E-state index contributed by atoms with van der Waals surface area (Å²) < 4.78 is 10.6. The summed E-state index contributed by atoms with van der Waals surface area (Å²) in [5.74, 6) is -0.636. The average Bonchev–Trinajstić information content (AvgIpc) is 2.10. The lowest BCUT2D eigenvalue weighted by atomic mass is 10.0. The number of carbonyl (C=O) groups is 1. The normalized spacial score (nSPS) is 25.2. The van der Waals surface area contributed by atoms with E-state index in [9.17, 15) is 4.79 Å². The number of carbonyl (C=O) groups excluding carboxylic acids is 1. The second-order valence-corrected chi connectivity index (χ2v) is 3.68. The number of rotatable bonds is 3. The van der Waals surface area contributed by atoms with E-state index in [4.69, 9.17) is 14.6 Å². The Bertz CT molecular complexity index is 183. The maximum Gasteiger partial charge on any atom is 0.207 e. The van der Waals surface area contributed by atoms with Crippen molar-refractivity contribution in [2.45, 2.75) is 25.2 Å². The summed E-state index contributed by atoms with van der Waals surface area (Å²) in [5, 5.41) is 11.6. The molecule has 1 saturated heterocycles. The van der Waals surface area contributed by atoms with Gasteiger partial charge in [0.1, 0.15) is 5.54 Å². The van der Waals surface area contributed by atoms with Gasteiger partial charge in [0.15, 0.2) is 5.79 Å². The summed E-state index contributed by atoms with van der Waals surface area (Å²) in [7, 11) is 0. The molecule has 0 bridgehead atoms. The van der Waals surface area contributed by atoms with Gasteiger partial charge in [-0.05, 0) is 13.8 Å². The Hall–Kier alpha value is -0.650. The number of aliphatic hydroxyl groups is 1. The Labute approximate surface area is 77.0 Å². The van der Waals surface area contributed by atoms with E-state index in [1.54, 1.807) is 13.8 Å². The predicted molar refractivity (Wildman–Crippen MR) is 45.0 cm³/mol. The van der Waals surface area contributed by atoms with Crippen molar-refractivity contribution in [3.8, 4) is 0 Å². The monoisotopic (exact) mass is 189 g/mol. The number of amides is 1. The van der Waals surface area contributed by atoms with Crippen molar-refractivity contribution >= 4 is 6.41 Å². The summed E-state index contributed by atoms with van der Waals surface area (Å²) in [6.45, 7) is 3.90. The first-order valence-corrected chi connectivity index (χ1v) is 4.14. The molecule has 0 saturated carbocycles. The van der Waals surface area contributed by atoms with Crippen LogP contribution in [-0.4, -0.2) is 42.7 Å². The molecule has 0 aromatic rings. The van der Waals surface area contributed by atoms with Gasteiger partial charge in [-0.2, -0.15) is 0 Å². The Morgan fingerprint density at radius 1 is 1.46 bits per heavy atom. The molecule has 0 atom stereocenters. The van der Waals surface area contributed by atoms with Crippen LogP contribution in [0.25, 0.3) is 0 Å². The van der Waals surface area contributed by atoms with Crippen LogP contribution in [0.3, 0.4) is 0 Å². The van der Waals surface area contributed by atoms with E-state index in [2.05, 4.69) is 5.32 Å². The number of nitrogens with one attached hydrogen (secondary N) is 1. The molecule has 13 heavy (non-hydrogen) atoms. The topological polar surface area (TPSA) is 67.8 Å². The molecule has 1 amide bonds. The van der Waals surface area contributed by atoms with Crippen molar-refractivity contribution in [2.75, 3.05) is 19.8 Å². The first kappa shape index (κ1) is 10.4. The number of aliphatic hydroxyl groups excluding tert-OH is 1. The molecule has 1 aliphatic heterocycles. The summed E-state index contributed by atoms with van der Waals surface area (Å²) in [6.07, 6.45) is 0.543. The lowest BCUT2D eigenvalue weighted by molar-refractivity contribution is -0.274. The van der Waals surface area contributed by atoms with Crippen LogP contribution in [0.15, 0.2) is 0 Å². The molecule has 1 rings (SSSR count). The Kier molecular flexibility index (Phi) is 2.90. The van der Waals surface area contributed by atoms with E-state index >= 15 is 0 Å². The van der Waals surface area contributed by atoms with Crippen LogP contribution >= 0.6 is 0 Å². The Morgan fingerprint density at radius 2 is 2.00 bits per heavy atom. The van der Waals surface area contributed by atoms with Gasteiger partial charge >= 0.3 is 0 Å². The molecule has 0 aliphatic carbocycles.